The first-order valence-electron chi connectivity index (χ1n) is 5.51. The third-order valence-corrected chi connectivity index (χ3v) is 1.93. The van der Waals surface area contributed by atoms with Crippen LogP contribution in [-0.2, 0) is 4.74 Å². The van der Waals surface area contributed by atoms with E-state index in [9.17, 15) is 4.79 Å². The number of amides is 1. The second-order valence-corrected chi connectivity index (χ2v) is 3.85. The summed E-state index contributed by atoms with van der Waals surface area (Å²) in [6, 6.07) is 3.45. The summed E-state index contributed by atoms with van der Waals surface area (Å²) in [6.07, 6.45) is 0. The maximum atomic E-state index is 11.6. The van der Waals surface area contributed by atoms with Gasteiger partial charge < -0.3 is 15.4 Å². The zero-order chi connectivity index (χ0) is 12.7. The summed E-state index contributed by atoms with van der Waals surface area (Å²) in [5.74, 6) is 0.416. The van der Waals surface area contributed by atoms with Gasteiger partial charge in [-0.05, 0) is 26.0 Å². The molecule has 1 rings (SSSR count). The van der Waals surface area contributed by atoms with Crippen LogP contribution in [0, 0.1) is 0 Å². The molecule has 1 aromatic heterocycles. The SMILES string of the molecule is COCCNc1ccc(C(=O)NC(C)C)nn1. The molecule has 0 radical (unpaired) electrons. The van der Waals surface area contributed by atoms with Crippen molar-refractivity contribution in [3.05, 3.63) is 17.8 Å². The number of anilines is 1. The lowest BCUT2D eigenvalue weighted by Crippen LogP contribution is -2.30. The van der Waals surface area contributed by atoms with Crippen molar-refractivity contribution in [1.82, 2.24) is 15.5 Å². The summed E-state index contributed by atoms with van der Waals surface area (Å²) in [4.78, 5) is 11.6. The molecule has 0 aliphatic rings. The van der Waals surface area contributed by atoms with Crippen LogP contribution < -0.4 is 10.6 Å². The number of nitrogens with zero attached hydrogens (tertiary/aromatic N) is 2. The molecule has 17 heavy (non-hydrogen) atoms. The monoisotopic (exact) mass is 238 g/mol. The second-order valence-electron chi connectivity index (χ2n) is 3.85. The minimum atomic E-state index is -0.212. The van der Waals surface area contributed by atoms with Crippen LogP contribution >= 0.6 is 0 Å². The Morgan fingerprint density at radius 1 is 1.41 bits per heavy atom. The molecule has 1 aromatic rings. The molecule has 94 valence electrons. The highest BCUT2D eigenvalue weighted by Gasteiger charge is 2.08. The fourth-order valence-electron chi connectivity index (χ4n) is 1.16. The molecule has 1 amide bonds. The number of ether oxygens (including phenoxy) is 1. The minimum Gasteiger partial charge on any atom is -0.383 e. The molecule has 0 atom stereocenters. The van der Waals surface area contributed by atoms with Crippen LogP contribution in [0.4, 0.5) is 5.82 Å². The van der Waals surface area contributed by atoms with Crippen LogP contribution in [0.2, 0.25) is 0 Å². The van der Waals surface area contributed by atoms with E-state index in [1.54, 1.807) is 19.2 Å². The van der Waals surface area contributed by atoms with Gasteiger partial charge in [0.2, 0.25) is 0 Å². The largest absolute Gasteiger partial charge is 0.383 e. The van der Waals surface area contributed by atoms with Gasteiger partial charge >= 0.3 is 0 Å². The van der Waals surface area contributed by atoms with E-state index in [4.69, 9.17) is 4.74 Å². The average Bonchev–Trinajstić information content (AvgIpc) is 2.29. The summed E-state index contributed by atoms with van der Waals surface area (Å²) in [7, 11) is 1.63. The molecule has 1 heterocycles. The van der Waals surface area contributed by atoms with Crippen molar-refractivity contribution in [2.45, 2.75) is 19.9 Å². The molecule has 0 aliphatic heterocycles. The van der Waals surface area contributed by atoms with E-state index < -0.39 is 0 Å². The number of methoxy groups -OCH3 is 1. The lowest BCUT2D eigenvalue weighted by molar-refractivity contribution is 0.0937. The molecule has 0 aliphatic carbocycles. The Morgan fingerprint density at radius 3 is 2.71 bits per heavy atom. The lowest BCUT2D eigenvalue weighted by Gasteiger charge is -2.08. The van der Waals surface area contributed by atoms with Gasteiger partial charge in [0.1, 0.15) is 5.82 Å². The molecule has 0 unspecified atom stereocenters. The highest BCUT2D eigenvalue weighted by atomic mass is 16.5. The summed E-state index contributed by atoms with van der Waals surface area (Å²) in [6.45, 7) is 5.04. The maximum absolute atomic E-state index is 11.6. The first-order valence-corrected chi connectivity index (χ1v) is 5.51. The Balaban J connectivity index is 2.52. The number of carbonyl (C=O) groups is 1. The van der Waals surface area contributed by atoms with Crippen LogP contribution in [0.25, 0.3) is 0 Å². The van der Waals surface area contributed by atoms with Gasteiger partial charge in [-0.2, -0.15) is 0 Å². The molecule has 6 heteroatoms. The van der Waals surface area contributed by atoms with E-state index in [0.717, 1.165) is 0 Å². The van der Waals surface area contributed by atoms with Crippen molar-refractivity contribution in [1.29, 1.82) is 0 Å². The van der Waals surface area contributed by atoms with E-state index in [-0.39, 0.29) is 11.9 Å². The summed E-state index contributed by atoms with van der Waals surface area (Å²) < 4.78 is 4.89. The molecule has 0 spiro atoms. The van der Waals surface area contributed by atoms with Crippen LogP contribution in [0.15, 0.2) is 12.1 Å². The van der Waals surface area contributed by atoms with Gasteiger partial charge in [0.25, 0.3) is 5.91 Å². The van der Waals surface area contributed by atoms with Gasteiger partial charge in [0.15, 0.2) is 5.69 Å². The molecule has 0 aromatic carbocycles. The Bertz CT molecular complexity index is 351. The molecule has 0 saturated carbocycles. The average molecular weight is 238 g/mol. The van der Waals surface area contributed by atoms with Gasteiger partial charge in [0.05, 0.1) is 6.61 Å². The Morgan fingerprint density at radius 2 is 2.18 bits per heavy atom. The van der Waals surface area contributed by atoms with Crippen molar-refractivity contribution in [3.63, 3.8) is 0 Å². The Kier molecular flexibility index (Phi) is 5.35. The summed E-state index contributed by atoms with van der Waals surface area (Å²) in [5, 5.41) is 13.5. The zero-order valence-electron chi connectivity index (χ0n) is 10.4. The van der Waals surface area contributed by atoms with E-state index in [1.807, 2.05) is 13.8 Å². The Hall–Kier alpha value is -1.69. The number of carbonyl (C=O) groups excluding carboxylic acids is 1. The number of aromatic nitrogens is 2. The number of hydrogen-bond acceptors (Lipinski definition) is 5. The van der Waals surface area contributed by atoms with Crippen LogP contribution in [-0.4, -0.2) is 42.4 Å². The molecular formula is C11H18N4O2. The normalized spacial score (nSPS) is 10.4. The lowest BCUT2D eigenvalue weighted by atomic mass is 10.3. The van der Waals surface area contributed by atoms with Crippen LogP contribution in [0.3, 0.4) is 0 Å². The topological polar surface area (TPSA) is 76.1 Å². The quantitative estimate of drug-likeness (QED) is 0.712. The van der Waals surface area contributed by atoms with Gasteiger partial charge in [-0.15, -0.1) is 10.2 Å². The first kappa shape index (κ1) is 13.4. The van der Waals surface area contributed by atoms with Crippen molar-refractivity contribution in [3.8, 4) is 0 Å². The van der Waals surface area contributed by atoms with E-state index >= 15 is 0 Å². The smallest absolute Gasteiger partial charge is 0.271 e. The third-order valence-electron chi connectivity index (χ3n) is 1.93. The first-order chi connectivity index (χ1) is 8.13. The molecule has 0 saturated heterocycles. The Labute approximate surface area is 101 Å². The maximum Gasteiger partial charge on any atom is 0.271 e. The van der Waals surface area contributed by atoms with Crippen molar-refractivity contribution in [2.75, 3.05) is 25.6 Å². The molecule has 6 nitrogen and oxygen atoms in total. The zero-order valence-corrected chi connectivity index (χ0v) is 10.4. The minimum absolute atomic E-state index is 0.0869. The number of rotatable bonds is 6. The fraction of sp³-hybridized carbons (Fsp3) is 0.545. The predicted octanol–water partition coefficient (Wildman–Crippen LogP) is 0.673. The van der Waals surface area contributed by atoms with Crippen molar-refractivity contribution >= 4 is 11.7 Å². The standard InChI is InChI=1S/C11H18N4O2/c1-8(2)13-11(16)9-4-5-10(15-14-9)12-6-7-17-3/h4-5,8H,6-7H2,1-3H3,(H,12,15)(H,13,16). The van der Waals surface area contributed by atoms with Gasteiger partial charge in [-0.1, -0.05) is 0 Å². The highest BCUT2D eigenvalue weighted by Crippen LogP contribution is 2.01. The van der Waals surface area contributed by atoms with Crippen molar-refractivity contribution in [2.24, 2.45) is 0 Å². The van der Waals surface area contributed by atoms with Crippen LogP contribution in [0.1, 0.15) is 24.3 Å². The molecule has 0 bridgehead atoms. The van der Waals surface area contributed by atoms with E-state index in [1.165, 1.54) is 0 Å². The fourth-order valence-corrected chi connectivity index (χ4v) is 1.16. The molecule has 0 fully saturated rings. The predicted molar refractivity (Wildman–Crippen MR) is 65.0 cm³/mol. The number of hydrogen-bond donors (Lipinski definition) is 2. The van der Waals surface area contributed by atoms with Gasteiger partial charge in [0, 0.05) is 19.7 Å². The second kappa shape index (κ2) is 6.80. The third kappa shape index (κ3) is 4.78. The van der Waals surface area contributed by atoms with Gasteiger partial charge in [-0.25, -0.2) is 0 Å². The highest BCUT2D eigenvalue weighted by molar-refractivity contribution is 5.92. The van der Waals surface area contributed by atoms with Gasteiger partial charge in [-0.3, -0.25) is 4.79 Å². The molecule has 2 N–H and O–H groups in total. The van der Waals surface area contributed by atoms with E-state index in [0.29, 0.717) is 24.7 Å². The summed E-state index contributed by atoms with van der Waals surface area (Å²) in [5.41, 5.74) is 0.316. The molecular weight excluding hydrogens is 220 g/mol. The van der Waals surface area contributed by atoms with E-state index in [2.05, 4.69) is 20.8 Å². The van der Waals surface area contributed by atoms with Crippen LogP contribution in [0.5, 0.6) is 0 Å². The van der Waals surface area contributed by atoms with Crippen molar-refractivity contribution < 1.29 is 9.53 Å². The number of nitrogens with one attached hydrogen (secondary N) is 2. The summed E-state index contributed by atoms with van der Waals surface area (Å²) >= 11 is 0.